The molecule has 22 heavy (non-hydrogen) atoms. The van der Waals surface area contributed by atoms with Crippen molar-refractivity contribution in [3.63, 3.8) is 0 Å². The van der Waals surface area contributed by atoms with Crippen LogP contribution in [-0.4, -0.2) is 42.6 Å². The molecule has 4 rings (SSSR count). The van der Waals surface area contributed by atoms with E-state index in [1.165, 1.54) is 11.3 Å². The molecule has 0 saturated carbocycles. The van der Waals surface area contributed by atoms with Gasteiger partial charge < -0.3 is 15.5 Å². The lowest BCUT2D eigenvalue weighted by atomic mass is 9.79. The summed E-state index contributed by atoms with van der Waals surface area (Å²) in [5.74, 6) is 1.98. The lowest BCUT2D eigenvalue weighted by molar-refractivity contribution is -0.132. The summed E-state index contributed by atoms with van der Waals surface area (Å²) in [6.07, 6.45) is 6.24. The van der Waals surface area contributed by atoms with Crippen LogP contribution in [0, 0.1) is 5.41 Å². The number of nitrogens with one attached hydrogen (secondary N) is 2. The highest BCUT2D eigenvalue weighted by atomic mass is 16.2. The van der Waals surface area contributed by atoms with Gasteiger partial charge in [-0.25, -0.2) is 4.98 Å². The van der Waals surface area contributed by atoms with E-state index in [4.69, 9.17) is 9.97 Å². The fourth-order valence-corrected chi connectivity index (χ4v) is 4.13. The Morgan fingerprint density at radius 2 is 2.14 bits per heavy atom. The number of aromatic nitrogens is 2. The molecule has 6 nitrogen and oxygen atoms in total. The number of piperidine rings is 1. The van der Waals surface area contributed by atoms with Crippen LogP contribution in [0.2, 0.25) is 0 Å². The number of fused-ring (bicyclic) bond motifs is 1. The van der Waals surface area contributed by atoms with E-state index < -0.39 is 0 Å². The molecule has 1 amide bonds. The van der Waals surface area contributed by atoms with Gasteiger partial charge in [0.15, 0.2) is 0 Å². The molecule has 1 spiro atoms. The monoisotopic (exact) mass is 301 g/mol. The minimum absolute atomic E-state index is 0.219. The number of carbonyl (C=O) groups is 1. The van der Waals surface area contributed by atoms with Crippen LogP contribution in [-0.2, 0) is 17.6 Å². The van der Waals surface area contributed by atoms with Crippen molar-refractivity contribution in [3.8, 4) is 0 Å². The summed E-state index contributed by atoms with van der Waals surface area (Å²) in [4.78, 5) is 24.0. The SMILES string of the molecule is CNc1nc(N2CC[C@@]3(CCCNC3=O)C2)nc2c1CCC2. The highest BCUT2D eigenvalue weighted by molar-refractivity contribution is 5.84. The highest BCUT2D eigenvalue weighted by Gasteiger charge is 2.46. The number of hydrogen-bond donors (Lipinski definition) is 2. The molecule has 1 aromatic rings. The zero-order chi connectivity index (χ0) is 15.2. The largest absolute Gasteiger partial charge is 0.373 e. The van der Waals surface area contributed by atoms with Crippen LogP contribution in [0.4, 0.5) is 11.8 Å². The summed E-state index contributed by atoms with van der Waals surface area (Å²) in [6.45, 7) is 2.44. The van der Waals surface area contributed by atoms with Gasteiger partial charge in [0.05, 0.1) is 11.1 Å². The number of hydrogen-bond acceptors (Lipinski definition) is 5. The summed E-state index contributed by atoms with van der Waals surface area (Å²) in [5.41, 5.74) is 2.24. The number of anilines is 2. The van der Waals surface area contributed by atoms with Gasteiger partial charge >= 0.3 is 0 Å². The molecule has 0 bridgehead atoms. The van der Waals surface area contributed by atoms with Crippen LogP contribution in [0.3, 0.4) is 0 Å². The van der Waals surface area contributed by atoms with Gasteiger partial charge in [-0.05, 0) is 38.5 Å². The van der Waals surface area contributed by atoms with E-state index in [9.17, 15) is 4.79 Å². The van der Waals surface area contributed by atoms with Crippen molar-refractivity contribution in [2.75, 3.05) is 36.9 Å². The van der Waals surface area contributed by atoms with E-state index in [0.29, 0.717) is 0 Å². The fourth-order valence-electron chi connectivity index (χ4n) is 4.13. The summed E-state index contributed by atoms with van der Waals surface area (Å²) >= 11 is 0. The third-order valence-corrected chi connectivity index (χ3v) is 5.39. The molecule has 6 heteroatoms. The molecule has 0 unspecified atom stereocenters. The third kappa shape index (κ3) is 2.04. The molecule has 1 aliphatic carbocycles. The van der Waals surface area contributed by atoms with Crippen LogP contribution < -0.4 is 15.5 Å². The fraction of sp³-hybridized carbons (Fsp3) is 0.688. The topological polar surface area (TPSA) is 70.2 Å². The zero-order valence-electron chi connectivity index (χ0n) is 13.1. The number of aryl methyl sites for hydroxylation is 1. The van der Waals surface area contributed by atoms with Crippen molar-refractivity contribution in [1.29, 1.82) is 0 Å². The second kappa shape index (κ2) is 5.11. The second-order valence-electron chi connectivity index (χ2n) is 6.71. The maximum atomic E-state index is 12.3. The predicted molar refractivity (Wildman–Crippen MR) is 85.1 cm³/mol. The van der Waals surface area contributed by atoms with Crippen LogP contribution in [0.25, 0.3) is 0 Å². The van der Waals surface area contributed by atoms with Gasteiger partial charge in [0, 0.05) is 32.2 Å². The van der Waals surface area contributed by atoms with E-state index in [1.807, 2.05) is 7.05 Å². The van der Waals surface area contributed by atoms with E-state index in [1.54, 1.807) is 0 Å². The lowest BCUT2D eigenvalue weighted by Gasteiger charge is -2.32. The van der Waals surface area contributed by atoms with E-state index >= 15 is 0 Å². The normalized spacial score (nSPS) is 27.1. The number of nitrogens with zero attached hydrogens (tertiary/aromatic N) is 3. The van der Waals surface area contributed by atoms with Crippen molar-refractivity contribution < 1.29 is 4.79 Å². The molecule has 0 aromatic carbocycles. The smallest absolute Gasteiger partial charge is 0.228 e. The second-order valence-corrected chi connectivity index (χ2v) is 6.71. The summed E-state index contributed by atoms with van der Waals surface area (Å²) < 4.78 is 0. The molecule has 118 valence electrons. The van der Waals surface area contributed by atoms with Gasteiger partial charge in [-0.15, -0.1) is 0 Å². The summed E-state index contributed by atoms with van der Waals surface area (Å²) in [6, 6.07) is 0. The van der Waals surface area contributed by atoms with Crippen molar-refractivity contribution >= 4 is 17.7 Å². The maximum Gasteiger partial charge on any atom is 0.228 e. The number of carbonyl (C=O) groups excluding carboxylic acids is 1. The van der Waals surface area contributed by atoms with Gasteiger partial charge in [0.25, 0.3) is 0 Å². The molecule has 2 saturated heterocycles. The van der Waals surface area contributed by atoms with Gasteiger partial charge in [-0.3, -0.25) is 4.79 Å². The van der Waals surface area contributed by atoms with Crippen molar-refractivity contribution in [2.24, 2.45) is 5.41 Å². The van der Waals surface area contributed by atoms with E-state index in [2.05, 4.69) is 15.5 Å². The Morgan fingerprint density at radius 1 is 1.23 bits per heavy atom. The van der Waals surface area contributed by atoms with E-state index in [0.717, 1.165) is 69.9 Å². The Morgan fingerprint density at radius 3 is 2.95 bits per heavy atom. The van der Waals surface area contributed by atoms with Gasteiger partial charge in [0.2, 0.25) is 11.9 Å². The summed E-state index contributed by atoms with van der Waals surface area (Å²) in [7, 11) is 1.92. The Balaban J connectivity index is 1.62. The van der Waals surface area contributed by atoms with Crippen LogP contribution in [0.1, 0.15) is 36.9 Å². The van der Waals surface area contributed by atoms with Gasteiger partial charge in [0.1, 0.15) is 5.82 Å². The van der Waals surface area contributed by atoms with Crippen LogP contribution in [0.5, 0.6) is 0 Å². The minimum atomic E-state index is -0.222. The lowest BCUT2D eigenvalue weighted by Crippen LogP contribution is -2.47. The number of rotatable bonds is 2. The van der Waals surface area contributed by atoms with Gasteiger partial charge in [-0.1, -0.05) is 0 Å². The van der Waals surface area contributed by atoms with E-state index in [-0.39, 0.29) is 11.3 Å². The van der Waals surface area contributed by atoms with Gasteiger partial charge in [-0.2, -0.15) is 4.98 Å². The molecule has 1 atom stereocenters. The Hall–Kier alpha value is -1.85. The number of amides is 1. The molecular formula is C16H23N5O. The maximum absolute atomic E-state index is 12.3. The van der Waals surface area contributed by atoms with Crippen molar-refractivity contribution in [1.82, 2.24) is 15.3 Å². The molecular weight excluding hydrogens is 278 g/mol. The third-order valence-electron chi connectivity index (χ3n) is 5.39. The molecule has 2 fully saturated rings. The minimum Gasteiger partial charge on any atom is -0.373 e. The standard InChI is InChI=1S/C16H23N5O/c1-17-13-11-4-2-5-12(11)19-15(20-13)21-9-7-16(10-21)6-3-8-18-14(16)22/h2-10H2,1H3,(H,18,22)(H,17,19,20)/t16-/m0/s1. The first-order valence-electron chi connectivity index (χ1n) is 8.33. The average Bonchev–Trinajstić information content (AvgIpc) is 3.17. The first kappa shape index (κ1) is 13.8. The molecule has 2 N–H and O–H groups in total. The zero-order valence-corrected chi connectivity index (χ0v) is 13.1. The van der Waals surface area contributed by atoms with Crippen molar-refractivity contribution in [2.45, 2.75) is 38.5 Å². The molecule has 3 aliphatic rings. The van der Waals surface area contributed by atoms with Crippen LogP contribution >= 0.6 is 0 Å². The highest BCUT2D eigenvalue weighted by Crippen LogP contribution is 2.39. The average molecular weight is 301 g/mol. The Kier molecular flexibility index (Phi) is 3.20. The first-order valence-corrected chi connectivity index (χ1v) is 8.33. The van der Waals surface area contributed by atoms with Crippen LogP contribution in [0.15, 0.2) is 0 Å². The molecule has 0 radical (unpaired) electrons. The summed E-state index contributed by atoms with van der Waals surface area (Å²) in [5, 5.41) is 6.25. The first-order chi connectivity index (χ1) is 10.7. The Bertz CT molecular complexity index is 617. The molecule has 3 heterocycles. The Labute approximate surface area is 130 Å². The molecule has 2 aliphatic heterocycles. The van der Waals surface area contributed by atoms with Crippen molar-refractivity contribution in [3.05, 3.63) is 11.3 Å². The quantitative estimate of drug-likeness (QED) is 0.856. The molecule has 1 aromatic heterocycles. The predicted octanol–water partition coefficient (Wildman–Crippen LogP) is 1.11.